The highest BCUT2D eigenvalue weighted by Crippen LogP contribution is 2.37. The summed E-state index contributed by atoms with van der Waals surface area (Å²) in [6, 6.07) is 6.27. The van der Waals surface area contributed by atoms with Gasteiger partial charge in [0.25, 0.3) is 0 Å². The molecule has 1 saturated heterocycles. The van der Waals surface area contributed by atoms with Crippen LogP contribution in [0.25, 0.3) is 0 Å². The van der Waals surface area contributed by atoms with Gasteiger partial charge in [0.05, 0.1) is 18.8 Å². The number of carbonyl (C=O) groups excluding carboxylic acids is 1. The fourth-order valence-corrected chi connectivity index (χ4v) is 5.01. The molecule has 5 nitrogen and oxygen atoms in total. The second-order valence-corrected chi connectivity index (χ2v) is 8.32. The molecule has 2 atom stereocenters. The first-order valence-electron chi connectivity index (χ1n) is 10.5. The van der Waals surface area contributed by atoms with Crippen molar-refractivity contribution in [3.05, 3.63) is 46.3 Å². The van der Waals surface area contributed by atoms with Gasteiger partial charge in [-0.2, -0.15) is 5.10 Å². The predicted molar refractivity (Wildman–Crippen MR) is 110 cm³/mol. The zero-order valence-corrected chi connectivity index (χ0v) is 17.5. The number of carbonyl (C=O) groups is 1. The maximum Gasteiger partial charge on any atom is 0.244 e. The third-order valence-corrected chi connectivity index (χ3v) is 6.66. The van der Waals surface area contributed by atoms with Gasteiger partial charge in [-0.15, -0.1) is 0 Å². The van der Waals surface area contributed by atoms with Crippen LogP contribution in [0.15, 0.2) is 18.2 Å². The Balaban J connectivity index is 1.57. The standard InChI is InChI=1S/C23H31N3O2/c1-15-8-5-10-19-17(3)26(24-23(15)19)14-22(27)25-13-7-11-20(25)18-9-6-12-21(28-4)16(18)2/h6,9,12,15,20H,5,7-8,10-11,13-14H2,1-4H3/t15-,20-/m0/s1. The fraction of sp³-hybridized carbons (Fsp3) is 0.565. The van der Waals surface area contributed by atoms with E-state index < -0.39 is 0 Å². The lowest BCUT2D eigenvalue weighted by molar-refractivity contribution is -0.133. The van der Waals surface area contributed by atoms with Crippen LogP contribution in [-0.4, -0.2) is 34.2 Å². The highest BCUT2D eigenvalue weighted by Gasteiger charge is 2.32. The summed E-state index contributed by atoms with van der Waals surface area (Å²) in [4.78, 5) is 15.3. The molecule has 0 unspecified atom stereocenters. The number of amides is 1. The number of ether oxygens (including phenoxy) is 1. The zero-order chi connectivity index (χ0) is 19.8. The number of likely N-dealkylation sites (tertiary alicyclic amines) is 1. The van der Waals surface area contributed by atoms with Gasteiger partial charge in [0.15, 0.2) is 0 Å². The van der Waals surface area contributed by atoms with E-state index in [4.69, 9.17) is 9.84 Å². The van der Waals surface area contributed by atoms with Crippen LogP contribution in [0.3, 0.4) is 0 Å². The second-order valence-electron chi connectivity index (χ2n) is 8.32. The van der Waals surface area contributed by atoms with E-state index in [1.54, 1.807) is 7.11 Å². The van der Waals surface area contributed by atoms with E-state index in [2.05, 4.69) is 26.8 Å². The van der Waals surface area contributed by atoms with E-state index in [-0.39, 0.29) is 11.9 Å². The highest BCUT2D eigenvalue weighted by atomic mass is 16.5. The molecule has 2 aliphatic rings. The molecular weight excluding hydrogens is 350 g/mol. The molecular formula is C23H31N3O2. The molecule has 28 heavy (non-hydrogen) atoms. The molecule has 0 bridgehead atoms. The number of nitrogens with zero attached hydrogens (tertiary/aromatic N) is 3. The van der Waals surface area contributed by atoms with E-state index in [1.807, 2.05) is 21.7 Å². The largest absolute Gasteiger partial charge is 0.496 e. The lowest BCUT2D eigenvalue weighted by Crippen LogP contribution is -2.34. The molecule has 1 aromatic heterocycles. The predicted octanol–water partition coefficient (Wildman–Crippen LogP) is 4.31. The average Bonchev–Trinajstić information content (AvgIpc) is 3.29. The maximum atomic E-state index is 13.2. The monoisotopic (exact) mass is 381 g/mol. The summed E-state index contributed by atoms with van der Waals surface area (Å²) in [6.45, 7) is 7.60. The van der Waals surface area contributed by atoms with Crippen LogP contribution in [0.4, 0.5) is 0 Å². The van der Waals surface area contributed by atoms with Gasteiger partial charge in [-0.05, 0) is 68.7 Å². The van der Waals surface area contributed by atoms with Crippen LogP contribution in [-0.2, 0) is 17.8 Å². The molecule has 1 aromatic carbocycles. The second kappa shape index (κ2) is 7.61. The van der Waals surface area contributed by atoms with Crippen molar-refractivity contribution in [3.63, 3.8) is 0 Å². The van der Waals surface area contributed by atoms with Crippen molar-refractivity contribution in [1.82, 2.24) is 14.7 Å². The van der Waals surface area contributed by atoms with Crippen LogP contribution in [0.1, 0.15) is 72.6 Å². The maximum absolute atomic E-state index is 13.2. The van der Waals surface area contributed by atoms with Gasteiger partial charge in [-0.3, -0.25) is 9.48 Å². The zero-order valence-electron chi connectivity index (χ0n) is 17.5. The number of hydrogen-bond donors (Lipinski definition) is 0. The van der Waals surface area contributed by atoms with Gasteiger partial charge < -0.3 is 9.64 Å². The van der Waals surface area contributed by atoms with Crippen molar-refractivity contribution in [2.75, 3.05) is 13.7 Å². The number of rotatable bonds is 4. The molecule has 1 aliphatic carbocycles. The summed E-state index contributed by atoms with van der Waals surface area (Å²) in [6.07, 6.45) is 5.55. The van der Waals surface area contributed by atoms with Crippen LogP contribution in [0.5, 0.6) is 5.75 Å². The summed E-state index contributed by atoms with van der Waals surface area (Å²) in [7, 11) is 1.70. The Morgan fingerprint density at radius 2 is 2.07 bits per heavy atom. The van der Waals surface area contributed by atoms with Gasteiger partial charge >= 0.3 is 0 Å². The van der Waals surface area contributed by atoms with Crippen molar-refractivity contribution in [2.45, 2.75) is 71.4 Å². The Bertz CT molecular complexity index is 886. The number of aromatic nitrogens is 2. The summed E-state index contributed by atoms with van der Waals surface area (Å²) in [5, 5.41) is 4.83. The molecule has 5 heteroatoms. The Morgan fingerprint density at radius 1 is 1.25 bits per heavy atom. The van der Waals surface area contributed by atoms with Gasteiger partial charge in [0, 0.05) is 18.2 Å². The minimum Gasteiger partial charge on any atom is -0.496 e. The molecule has 2 aromatic rings. The molecule has 1 aliphatic heterocycles. The molecule has 2 heterocycles. The summed E-state index contributed by atoms with van der Waals surface area (Å²) < 4.78 is 7.44. The minimum absolute atomic E-state index is 0.131. The van der Waals surface area contributed by atoms with Crippen LogP contribution < -0.4 is 4.74 Å². The number of hydrogen-bond acceptors (Lipinski definition) is 3. The first kappa shape index (κ1) is 19.0. The quantitative estimate of drug-likeness (QED) is 0.793. The molecule has 0 spiro atoms. The van der Waals surface area contributed by atoms with E-state index >= 15 is 0 Å². The van der Waals surface area contributed by atoms with E-state index in [9.17, 15) is 4.79 Å². The Hall–Kier alpha value is -2.30. The molecule has 150 valence electrons. The minimum atomic E-state index is 0.131. The Kier molecular flexibility index (Phi) is 5.17. The van der Waals surface area contributed by atoms with Gasteiger partial charge in [0.2, 0.25) is 5.91 Å². The average molecular weight is 382 g/mol. The lowest BCUT2D eigenvalue weighted by atomic mass is 9.88. The third kappa shape index (κ3) is 3.21. The molecule has 0 radical (unpaired) electrons. The van der Waals surface area contributed by atoms with Crippen molar-refractivity contribution < 1.29 is 9.53 Å². The van der Waals surface area contributed by atoms with Crippen molar-refractivity contribution in [3.8, 4) is 5.75 Å². The summed E-state index contributed by atoms with van der Waals surface area (Å²) in [5.74, 6) is 1.56. The van der Waals surface area contributed by atoms with E-state index in [0.29, 0.717) is 12.5 Å². The third-order valence-electron chi connectivity index (χ3n) is 6.66. The molecule has 0 saturated carbocycles. The molecule has 1 fully saturated rings. The first-order valence-corrected chi connectivity index (χ1v) is 10.5. The van der Waals surface area contributed by atoms with E-state index in [0.717, 1.165) is 37.1 Å². The van der Waals surface area contributed by atoms with E-state index in [1.165, 1.54) is 35.4 Å². The Morgan fingerprint density at radius 3 is 2.82 bits per heavy atom. The number of fused-ring (bicyclic) bond motifs is 1. The van der Waals surface area contributed by atoms with Crippen molar-refractivity contribution >= 4 is 5.91 Å². The fourth-order valence-electron chi connectivity index (χ4n) is 5.01. The smallest absolute Gasteiger partial charge is 0.244 e. The Labute approximate surface area is 167 Å². The van der Waals surface area contributed by atoms with Crippen molar-refractivity contribution in [1.29, 1.82) is 0 Å². The topological polar surface area (TPSA) is 47.4 Å². The van der Waals surface area contributed by atoms with Crippen molar-refractivity contribution in [2.24, 2.45) is 0 Å². The van der Waals surface area contributed by atoms with Gasteiger partial charge in [-0.25, -0.2) is 0 Å². The molecule has 1 amide bonds. The van der Waals surface area contributed by atoms with Crippen LogP contribution >= 0.6 is 0 Å². The number of benzene rings is 1. The van der Waals surface area contributed by atoms with Crippen LogP contribution in [0, 0.1) is 13.8 Å². The van der Waals surface area contributed by atoms with Gasteiger partial charge in [-0.1, -0.05) is 19.1 Å². The summed E-state index contributed by atoms with van der Waals surface area (Å²) >= 11 is 0. The first-order chi connectivity index (χ1) is 13.5. The highest BCUT2D eigenvalue weighted by molar-refractivity contribution is 5.77. The number of methoxy groups -OCH3 is 1. The normalized spacial score (nSPS) is 21.6. The van der Waals surface area contributed by atoms with Gasteiger partial charge in [0.1, 0.15) is 12.3 Å². The molecule has 0 N–H and O–H groups in total. The lowest BCUT2D eigenvalue weighted by Gasteiger charge is -2.27. The molecule has 4 rings (SSSR count). The SMILES string of the molecule is COc1cccc([C@@H]2CCCN2C(=O)Cn2nc3c(c2C)CCC[C@@H]3C)c1C. The van der Waals surface area contributed by atoms with Crippen LogP contribution in [0.2, 0.25) is 0 Å². The summed E-state index contributed by atoms with van der Waals surface area (Å²) in [5.41, 5.74) is 6.08.